The third kappa shape index (κ3) is 6.13. The van der Waals surface area contributed by atoms with E-state index in [0.717, 1.165) is 31.5 Å². The minimum absolute atomic E-state index is 0. The van der Waals surface area contributed by atoms with Crippen LogP contribution in [0.1, 0.15) is 30.9 Å². The van der Waals surface area contributed by atoms with E-state index in [2.05, 4.69) is 29.2 Å². The van der Waals surface area contributed by atoms with Crippen LogP contribution in [0.4, 0.5) is 5.69 Å². The molecular weight excluding hydrogens is 381 g/mol. The first-order valence-corrected chi connectivity index (χ1v) is 9.01. The Labute approximate surface area is 174 Å². The molecule has 2 N–H and O–H groups in total. The fraction of sp³-hybridized carbons (Fsp3) is 0.381. The van der Waals surface area contributed by atoms with Crippen LogP contribution in [0.15, 0.2) is 60.7 Å². The number of anilines is 1. The first-order valence-electron chi connectivity index (χ1n) is 9.01. The van der Waals surface area contributed by atoms with Crippen LogP contribution in [0, 0.1) is 0 Å². The molecule has 1 amide bonds. The van der Waals surface area contributed by atoms with Gasteiger partial charge in [-0.2, -0.15) is 0 Å². The average Bonchev–Trinajstić information content (AvgIpc) is 2.68. The molecule has 6 heteroatoms. The van der Waals surface area contributed by atoms with Crippen LogP contribution in [0.3, 0.4) is 0 Å². The summed E-state index contributed by atoms with van der Waals surface area (Å²) in [6.45, 7) is 1.93. The molecule has 0 spiro atoms. The van der Waals surface area contributed by atoms with Gasteiger partial charge in [-0.1, -0.05) is 48.5 Å². The maximum Gasteiger partial charge on any atom is 0.224 e. The summed E-state index contributed by atoms with van der Waals surface area (Å²) in [5.41, 5.74) is 8.47. The number of likely N-dealkylation sites (N-methyl/N-ethyl adjacent to an activating group) is 1. The first kappa shape index (κ1) is 23.3. The summed E-state index contributed by atoms with van der Waals surface area (Å²) in [5.74, 6) is 0.122. The molecule has 2 aromatic carbocycles. The smallest absolute Gasteiger partial charge is 0.224 e. The van der Waals surface area contributed by atoms with E-state index >= 15 is 0 Å². The molecule has 148 valence electrons. The maximum atomic E-state index is 12.7. The minimum Gasteiger partial charge on any atom is -0.369 e. The van der Waals surface area contributed by atoms with Gasteiger partial charge in [0.05, 0.1) is 0 Å². The van der Waals surface area contributed by atoms with E-state index in [1.807, 2.05) is 48.3 Å². The fourth-order valence-electron chi connectivity index (χ4n) is 3.50. The number of benzene rings is 2. The second kappa shape index (κ2) is 11.2. The van der Waals surface area contributed by atoms with E-state index in [-0.39, 0.29) is 42.8 Å². The van der Waals surface area contributed by atoms with Crippen molar-refractivity contribution in [1.29, 1.82) is 0 Å². The number of carbonyl (C=O) groups is 1. The Morgan fingerprint density at radius 2 is 1.70 bits per heavy atom. The molecule has 0 saturated carbocycles. The van der Waals surface area contributed by atoms with Crippen molar-refractivity contribution in [2.45, 2.75) is 31.3 Å². The number of nitrogens with two attached hydrogens (primary N) is 1. The lowest BCUT2D eigenvalue weighted by Gasteiger charge is -2.39. The van der Waals surface area contributed by atoms with Crippen LogP contribution in [-0.2, 0) is 4.79 Å². The van der Waals surface area contributed by atoms with Gasteiger partial charge in [0, 0.05) is 44.3 Å². The van der Waals surface area contributed by atoms with E-state index in [0.29, 0.717) is 6.42 Å². The summed E-state index contributed by atoms with van der Waals surface area (Å²) in [7, 11) is 1.92. The third-order valence-electron chi connectivity index (χ3n) is 5.08. The van der Waals surface area contributed by atoms with Crippen molar-refractivity contribution in [3.05, 3.63) is 66.2 Å². The zero-order chi connectivity index (χ0) is 17.6. The summed E-state index contributed by atoms with van der Waals surface area (Å²) < 4.78 is 0. The lowest BCUT2D eigenvalue weighted by molar-refractivity contribution is -0.132. The van der Waals surface area contributed by atoms with E-state index in [4.69, 9.17) is 5.73 Å². The van der Waals surface area contributed by atoms with E-state index in [1.54, 1.807) is 0 Å². The molecule has 1 aliphatic heterocycles. The Kier molecular flexibility index (Phi) is 9.64. The van der Waals surface area contributed by atoms with Gasteiger partial charge in [0.15, 0.2) is 0 Å². The molecule has 27 heavy (non-hydrogen) atoms. The number of carbonyl (C=O) groups excluding carboxylic acids is 1. The van der Waals surface area contributed by atoms with Crippen molar-refractivity contribution in [2.75, 3.05) is 25.0 Å². The summed E-state index contributed by atoms with van der Waals surface area (Å²) >= 11 is 0. The molecule has 2 aromatic rings. The van der Waals surface area contributed by atoms with Crippen molar-refractivity contribution in [1.82, 2.24) is 4.90 Å². The largest absolute Gasteiger partial charge is 0.369 e. The topological polar surface area (TPSA) is 49.6 Å². The van der Waals surface area contributed by atoms with Crippen molar-refractivity contribution in [3.63, 3.8) is 0 Å². The van der Waals surface area contributed by atoms with Gasteiger partial charge < -0.3 is 15.5 Å². The van der Waals surface area contributed by atoms with Crippen molar-refractivity contribution in [2.24, 2.45) is 5.73 Å². The van der Waals surface area contributed by atoms with Gasteiger partial charge >= 0.3 is 0 Å². The summed E-state index contributed by atoms with van der Waals surface area (Å²) in [6.07, 6.45) is 2.50. The number of para-hydroxylation sites is 1. The fourth-order valence-corrected chi connectivity index (χ4v) is 3.50. The molecule has 0 aromatic heterocycles. The summed E-state index contributed by atoms with van der Waals surface area (Å²) in [5, 5.41) is 0. The standard InChI is InChI=1S/C21H27N3O.2ClH/c1-23(21(25)15-20(22)17-9-4-2-5-10-17)19-13-8-14-24(16-19)18-11-6-3-7-12-18;;/h2-7,9-12,19-20H,8,13-16,22H2,1H3;2*1H. The highest BCUT2D eigenvalue weighted by Gasteiger charge is 2.27. The van der Waals surface area contributed by atoms with Gasteiger partial charge in [-0.15, -0.1) is 24.8 Å². The molecule has 4 nitrogen and oxygen atoms in total. The molecule has 2 atom stereocenters. The number of nitrogens with zero attached hydrogens (tertiary/aromatic N) is 2. The van der Waals surface area contributed by atoms with Gasteiger partial charge in [-0.05, 0) is 30.5 Å². The zero-order valence-corrected chi connectivity index (χ0v) is 17.3. The Balaban J connectivity index is 0.00000182. The second-order valence-corrected chi connectivity index (χ2v) is 6.80. The predicted octanol–water partition coefficient (Wildman–Crippen LogP) is 4.05. The molecule has 0 bridgehead atoms. The number of hydrogen-bond donors (Lipinski definition) is 1. The lowest BCUT2D eigenvalue weighted by Crippen LogP contribution is -2.49. The Morgan fingerprint density at radius 3 is 2.33 bits per heavy atom. The van der Waals surface area contributed by atoms with Gasteiger partial charge in [-0.25, -0.2) is 0 Å². The maximum absolute atomic E-state index is 12.7. The molecule has 2 unspecified atom stereocenters. The predicted molar refractivity (Wildman–Crippen MR) is 117 cm³/mol. The van der Waals surface area contributed by atoms with Crippen LogP contribution in [0.25, 0.3) is 0 Å². The van der Waals surface area contributed by atoms with Crippen LogP contribution in [0.5, 0.6) is 0 Å². The Bertz CT molecular complexity index is 684. The van der Waals surface area contributed by atoms with E-state index < -0.39 is 0 Å². The van der Waals surface area contributed by atoms with Gasteiger partial charge in [-0.3, -0.25) is 4.79 Å². The average molecular weight is 410 g/mol. The van der Waals surface area contributed by atoms with Crippen LogP contribution in [0.2, 0.25) is 0 Å². The Hall–Kier alpha value is -1.75. The first-order chi connectivity index (χ1) is 12.1. The second-order valence-electron chi connectivity index (χ2n) is 6.80. The molecule has 1 heterocycles. The molecular formula is C21H29Cl2N3O. The van der Waals surface area contributed by atoms with Crippen molar-refractivity contribution in [3.8, 4) is 0 Å². The lowest BCUT2D eigenvalue weighted by atomic mass is 10.0. The monoisotopic (exact) mass is 409 g/mol. The number of hydrogen-bond acceptors (Lipinski definition) is 3. The highest BCUT2D eigenvalue weighted by Crippen LogP contribution is 2.23. The molecule has 3 rings (SSSR count). The quantitative estimate of drug-likeness (QED) is 0.809. The van der Waals surface area contributed by atoms with E-state index in [1.165, 1.54) is 5.69 Å². The molecule has 0 radical (unpaired) electrons. The van der Waals surface area contributed by atoms with Crippen LogP contribution >= 0.6 is 24.8 Å². The van der Waals surface area contributed by atoms with Crippen LogP contribution in [-0.4, -0.2) is 37.0 Å². The number of halogens is 2. The molecule has 0 aliphatic carbocycles. The number of rotatable bonds is 5. The van der Waals surface area contributed by atoms with E-state index in [9.17, 15) is 4.79 Å². The zero-order valence-electron chi connectivity index (χ0n) is 15.7. The molecule has 1 saturated heterocycles. The van der Waals surface area contributed by atoms with Gasteiger partial charge in [0.25, 0.3) is 0 Å². The van der Waals surface area contributed by atoms with Crippen LogP contribution < -0.4 is 10.6 Å². The number of piperidine rings is 1. The third-order valence-corrected chi connectivity index (χ3v) is 5.08. The highest BCUT2D eigenvalue weighted by molar-refractivity contribution is 5.85. The molecule has 1 aliphatic rings. The summed E-state index contributed by atoms with van der Waals surface area (Å²) in [4.78, 5) is 17.0. The molecule has 1 fully saturated rings. The summed E-state index contributed by atoms with van der Waals surface area (Å²) in [6, 6.07) is 20.3. The Morgan fingerprint density at radius 1 is 1.11 bits per heavy atom. The van der Waals surface area contributed by atoms with Gasteiger partial charge in [0.1, 0.15) is 0 Å². The normalized spacial score (nSPS) is 17.3. The van der Waals surface area contributed by atoms with Crippen molar-refractivity contribution >= 4 is 36.4 Å². The number of amides is 1. The minimum atomic E-state index is -0.245. The van der Waals surface area contributed by atoms with Gasteiger partial charge in [0.2, 0.25) is 5.91 Å². The SMILES string of the molecule is CN(C(=O)CC(N)c1ccccc1)C1CCCN(c2ccccc2)C1.Cl.Cl. The van der Waals surface area contributed by atoms with Crippen molar-refractivity contribution < 1.29 is 4.79 Å². The highest BCUT2D eigenvalue weighted by atomic mass is 35.5.